The Bertz CT molecular complexity index is 1140. The number of likely N-dealkylation sites (tertiary alicyclic amines) is 1. The Labute approximate surface area is 204 Å². The predicted molar refractivity (Wildman–Crippen MR) is 131 cm³/mol. The maximum Gasteiger partial charge on any atom is 0.319 e. The van der Waals surface area contributed by atoms with Crippen LogP contribution in [0.15, 0.2) is 42.5 Å². The molecule has 4 rings (SSSR count). The van der Waals surface area contributed by atoms with Gasteiger partial charge in [0.1, 0.15) is 5.82 Å². The summed E-state index contributed by atoms with van der Waals surface area (Å²) in [5.41, 5.74) is 3.31. The standard InChI is InChI=1S/C25H32FN7O2/c1-3-17-11-20(24-29-30-31-32(24)2)13-22(12-17)28-25(35)27-14-18-5-4-10-33(15-18)16-23(34)19-6-8-21(26)9-7-19/h6-9,11-13,18,23,34H,3-5,10,14-16H2,1-2H3,(H2,27,28,35)/t18-,23+/m0/s1. The van der Waals surface area contributed by atoms with Crippen LogP contribution in [0.25, 0.3) is 11.4 Å². The molecule has 0 radical (unpaired) electrons. The van der Waals surface area contributed by atoms with Gasteiger partial charge in [-0.15, -0.1) is 5.10 Å². The van der Waals surface area contributed by atoms with Gasteiger partial charge < -0.3 is 20.6 Å². The molecule has 10 heteroatoms. The number of carbonyl (C=O) groups excluding carboxylic acids is 1. The molecule has 1 aromatic heterocycles. The smallest absolute Gasteiger partial charge is 0.319 e. The van der Waals surface area contributed by atoms with E-state index < -0.39 is 6.10 Å². The third-order valence-corrected chi connectivity index (χ3v) is 6.38. The number of aliphatic hydroxyl groups excluding tert-OH is 1. The van der Waals surface area contributed by atoms with Crippen molar-refractivity contribution in [3.05, 3.63) is 59.4 Å². The normalized spacial score (nSPS) is 17.2. The molecule has 1 saturated heterocycles. The molecule has 186 valence electrons. The van der Waals surface area contributed by atoms with E-state index in [0.29, 0.717) is 30.2 Å². The number of β-amino-alcohol motifs (C(OH)–C–C–N with tert-alkyl or cyclic N) is 1. The lowest BCUT2D eigenvalue weighted by Gasteiger charge is -2.34. The Kier molecular flexibility index (Phi) is 8.04. The molecule has 2 amide bonds. The molecule has 0 spiro atoms. The van der Waals surface area contributed by atoms with Crippen molar-refractivity contribution in [2.24, 2.45) is 13.0 Å². The molecular formula is C25H32FN7O2. The number of benzene rings is 2. The highest BCUT2D eigenvalue weighted by Gasteiger charge is 2.23. The number of amides is 2. The third-order valence-electron chi connectivity index (χ3n) is 6.38. The van der Waals surface area contributed by atoms with Gasteiger partial charge in [0.25, 0.3) is 0 Å². The first-order chi connectivity index (χ1) is 16.9. The Morgan fingerprint density at radius 3 is 2.77 bits per heavy atom. The molecule has 3 N–H and O–H groups in total. The SMILES string of the molecule is CCc1cc(NC(=O)NC[C@@H]2CCCN(C[C@@H](O)c3ccc(F)cc3)C2)cc(-c2nnnn2C)c1. The number of urea groups is 1. The summed E-state index contributed by atoms with van der Waals surface area (Å²) in [4.78, 5) is 14.8. The van der Waals surface area contributed by atoms with Crippen molar-refractivity contribution in [2.45, 2.75) is 32.3 Å². The maximum atomic E-state index is 13.1. The number of hydrogen-bond acceptors (Lipinski definition) is 6. The summed E-state index contributed by atoms with van der Waals surface area (Å²) >= 11 is 0. The van der Waals surface area contributed by atoms with Crippen LogP contribution in [0.2, 0.25) is 0 Å². The highest BCUT2D eigenvalue weighted by atomic mass is 19.1. The summed E-state index contributed by atoms with van der Waals surface area (Å²) in [6, 6.07) is 11.5. The lowest BCUT2D eigenvalue weighted by molar-refractivity contribution is 0.0846. The van der Waals surface area contributed by atoms with Crippen molar-refractivity contribution in [2.75, 3.05) is 31.5 Å². The highest BCUT2D eigenvalue weighted by molar-refractivity contribution is 5.90. The van der Waals surface area contributed by atoms with E-state index >= 15 is 0 Å². The number of carbonyl (C=O) groups is 1. The summed E-state index contributed by atoms with van der Waals surface area (Å²) in [6.07, 6.45) is 2.15. The van der Waals surface area contributed by atoms with Gasteiger partial charge in [-0.1, -0.05) is 19.1 Å². The number of aromatic nitrogens is 4. The van der Waals surface area contributed by atoms with E-state index in [4.69, 9.17) is 0 Å². The van der Waals surface area contributed by atoms with Gasteiger partial charge in [0.15, 0.2) is 5.82 Å². The Hall–Kier alpha value is -3.37. The molecule has 35 heavy (non-hydrogen) atoms. The van der Waals surface area contributed by atoms with Gasteiger partial charge in [0, 0.05) is 37.9 Å². The van der Waals surface area contributed by atoms with Crippen LogP contribution in [0.3, 0.4) is 0 Å². The lowest BCUT2D eigenvalue weighted by Crippen LogP contribution is -2.43. The number of aryl methyl sites for hydroxylation is 2. The lowest BCUT2D eigenvalue weighted by atomic mass is 9.97. The van der Waals surface area contributed by atoms with Gasteiger partial charge in [-0.05, 0) is 83.6 Å². The number of anilines is 1. The van der Waals surface area contributed by atoms with E-state index in [1.165, 1.54) is 12.1 Å². The average Bonchev–Trinajstić information content (AvgIpc) is 3.29. The summed E-state index contributed by atoms with van der Waals surface area (Å²) in [6.45, 7) is 4.76. The number of nitrogens with one attached hydrogen (secondary N) is 2. The first kappa shape index (κ1) is 24.7. The minimum Gasteiger partial charge on any atom is -0.387 e. The van der Waals surface area contributed by atoms with Crippen LogP contribution in [0.1, 0.15) is 37.0 Å². The number of nitrogens with zero attached hydrogens (tertiary/aromatic N) is 5. The Morgan fingerprint density at radius 1 is 1.26 bits per heavy atom. The molecule has 0 aliphatic carbocycles. The van der Waals surface area contributed by atoms with Crippen molar-refractivity contribution in [1.82, 2.24) is 30.4 Å². The second-order valence-corrected chi connectivity index (χ2v) is 9.07. The van der Waals surface area contributed by atoms with Crippen molar-refractivity contribution in [1.29, 1.82) is 0 Å². The third kappa shape index (κ3) is 6.61. The number of hydrogen-bond donors (Lipinski definition) is 3. The minimum atomic E-state index is -0.672. The quantitative estimate of drug-likeness (QED) is 0.456. The predicted octanol–water partition coefficient (Wildman–Crippen LogP) is 3.15. The fourth-order valence-corrected chi connectivity index (χ4v) is 4.50. The van der Waals surface area contributed by atoms with E-state index in [1.807, 2.05) is 18.2 Å². The molecule has 1 aliphatic rings. The molecule has 2 heterocycles. The van der Waals surface area contributed by atoms with E-state index in [-0.39, 0.29) is 17.8 Å². The number of rotatable bonds is 8. The molecule has 1 fully saturated rings. The van der Waals surface area contributed by atoms with Gasteiger partial charge in [-0.3, -0.25) is 0 Å². The zero-order chi connectivity index (χ0) is 24.8. The van der Waals surface area contributed by atoms with Crippen LogP contribution in [-0.4, -0.2) is 62.4 Å². The summed E-state index contributed by atoms with van der Waals surface area (Å²) in [5, 5.41) is 28.1. The van der Waals surface area contributed by atoms with Gasteiger partial charge in [-0.25, -0.2) is 13.9 Å². The second-order valence-electron chi connectivity index (χ2n) is 9.07. The Morgan fingerprint density at radius 2 is 2.06 bits per heavy atom. The largest absolute Gasteiger partial charge is 0.387 e. The van der Waals surface area contributed by atoms with Crippen molar-refractivity contribution in [3.63, 3.8) is 0 Å². The first-order valence-electron chi connectivity index (χ1n) is 12.0. The highest BCUT2D eigenvalue weighted by Crippen LogP contribution is 2.24. The molecule has 3 aromatic rings. The maximum absolute atomic E-state index is 13.1. The van der Waals surface area contributed by atoms with Crippen LogP contribution >= 0.6 is 0 Å². The first-order valence-corrected chi connectivity index (χ1v) is 12.0. The van der Waals surface area contributed by atoms with Crippen molar-refractivity contribution < 1.29 is 14.3 Å². The average molecular weight is 482 g/mol. The molecule has 2 atom stereocenters. The van der Waals surface area contributed by atoms with Gasteiger partial charge in [-0.2, -0.15) is 0 Å². The van der Waals surface area contributed by atoms with Crippen LogP contribution in [0.4, 0.5) is 14.9 Å². The Balaban J connectivity index is 1.30. The molecular weight excluding hydrogens is 449 g/mol. The fourth-order valence-electron chi connectivity index (χ4n) is 4.50. The topological polar surface area (TPSA) is 108 Å². The number of halogens is 1. The van der Waals surface area contributed by atoms with E-state index in [9.17, 15) is 14.3 Å². The second kappa shape index (κ2) is 11.4. The van der Waals surface area contributed by atoms with Crippen LogP contribution in [0, 0.1) is 11.7 Å². The number of aliphatic hydroxyl groups is 1. The van der Waals surface area contributed by atoms with Crippen LogP contribution in [0.5, 0.6) is 0 Å². The monoisotopic (exact) mass is 481 g/mol. The van der Waals surface area contributed by atoms with Gasteiger partial charge >= 0.3 is 6.03 Å². The minimum absolute atomic E-state index is 0.260. The van der Waals surface area contributed by atoms with Crippen molar-refractivity contribution >= 4 is 11.7 Å². The molecule has 0 unspecified atom stereocenters. The van der Waals surface area contributed by atoms with E-state index in [0.717, 1.165) is 43.5 Å². The van der Waals surface area contributed by atoms with Gasteiger partial charge in [0.2, 0.25) is 0 Å². The van der Waals surface area contributed by atoms with Gasteiger partial charge in [0.05, 0.1) is 6.10 Å². The summed E-state index contributed by atoms with van der Waals surface area (Å²) < 4.78 is 14.7. The summed E-state index contributed by atoms with van der Waals surface area (Å²) in [7, 11) is 1.78. The van der Waals surface area contributed by atoms with Crippen molar-refractivity contribution in [3.8, 4) is 11.4 Å². The molecule has 0 bridgehead atoms. The zero-order valence-electron chi connectivity index (χ0n) is 20.1. The summed E-state index contributed by atoms with van der Waals surface area (Å²) in [5.74, 6) is 0.609. The fraction of sp³-hybridized carbons (Fsp3) is 0.440. The zero-order valence-corrected chi connectivity index (χ0v) is 20.1. The molecule has 0 saturated carbocycles. The van der Waals surface area contributed by atoms with Crippen LogP contribution < -0.4 is 10.6 Å². The number of tetrazole rings is 1. The van der Waals surface area contributed by atoms with Crippen LogP contribution in [-0.2, 0) is 13.5 Å². The molecule has 2 aromatic carbocycles. The van der Waals surface area contributed by atoms with E-state index in [1.54, 1.807) is 23.9 Å². The van der Waals surface area contributed by atoms with E-state index in [2.05, 4.69) is 38.0 Å². The molecule has 9 nitrogen and oxygen atoms in total. The number of piperidine rings is 1. The molecule has 1 aliphatic heterocycles.